The van der Waals surface area contributed by atoms with Gasteiger partial charge >= 0.3 is 0 Å². The van der Waals surface area contributed by atoms with Crippen molar-refractivity contribution in [3.63, 3.8) is 0 Å². The normalized spacial score (nSPS) is 20.6. The van der Waals surface area contributed by atoms with E-state index in [0.717, 1.165) is 44.6 Å². The molecule has 2 aliphatic rings. The van der Waals surface area contributed by atoms with Crippen molar-refractivity contribution in [3.05, 3.63) is 29.8 Å². The minimum atomic E-state index is -3.41. The second-order valence-electron chi connectivity index (χ2n) is 7.71. The Morgan fingerprint density at radius 2 is 1.89 bits per heavy atom. The average molecular weight is 395 g/mol. The van der Waals surface area contributed by atoms with Gasteiger partial charge in [0.2, 0.25) is 15.9 Å². The van der Waals surface area contributed by atoms with E-state index in [2.05, 4.69) is 15.1 Å². The first-order valence-electron chi connectivity index (χ1n) is 9.55. The minimum absolute atomic E-state index is 0.0960. The summed E-state index contributed by atoms with van der Waals surface area (Å²) in [4.78, 5) is 17.1. The van der Waals surface area contributed by atoms with Crippen molar-refractivity contribution in [2.45, 2.75) is 43.3 Å². The second-order valence-corrected chi connectivity index (χ2v) is 9.86. The molecule has 0 bridgehead atoms. The van der Waals surface area contributed by atoms with Crippen molar-refractivity contribution >= 4 is 15.9 Å². The maximum absolute atomic E-state index is 12.3. The van der Waals surface area contributed by atoms with Crippen LogP contribution in [0.3, 0.4) is 0 Å². The number of sulfonamides is 1. The highest BCUT2D eigenvalue weighted by Crippen LogP contribution is 2.20. The van der Waals surface area contributed by atoms with Gasteiger partial charge in [-0.3, -0.25) is 14.6 Å². The number of carbonyl (C=O) groups excluding carboxylic acids is 1. The lowest BCUT2D eigenvalue weighted by molar-refractivity contribution is -0.126. The first kappa shape index (κ1) is 20.3. The lowest BCUT2D eigenvalue weighted by atomic mass is 10.1. The van der Waals surface area contributed by atoms with Gasteiger partial charge in [0.15, 0.2) is 0 Å². The summed E-state index contributed by atoms with van der Waals surface area (Å²) in [5.74, 6) is 0.132. The number of rotatable bonds is 7. The molecule has 1 aromatic rings. The van der Waals surface area contributed by atoms with E-state index >= 15 is 0 Å². The van der Waals surface area contributed by atoms with Crippen molar-refractivity contribution in [1.82, 2.24) is 19.4 Å². The molecule has 1 aromatic carbocycles. The van der Waals surface area contributed by atoms with E-state index in [1.54, 1.807) is 32.3 Å². The summed E-state index contributed by atoms with van der Waals surface area (Å²) in [5, 5.41) is 3.08. The molecule has 1 N–H and O–H groups in total. The van der Waals surface area contributed by atoms with Crippen LogP contribution in [-0.2, 0) is 21.4 Å². The predicted molar refractivity (Wildman–Crippen MR) is 105 cm³/mol. The summed E-state index contributed by atoms with van der Waals surface area (Å²) in [7, 11) is -0.326. The van der Waals surface area contributed by atoms with E-state index in [1.807, 2.05) is 13.0 Å². The van der Waals surface area contributed by atoms with Gasteiger partial charge in [-0.15, -0.1) is 0 Å². The third-order valence-electron chi connectivity index (χ3n) is 5.34. The summed E-state index contributed by atoms with van der Waals surface area (Å²) in [5.41, 5.74) is 0.992. The number of carbonyl (C=O) groups is 1. The smallest absolute Gasteiger partial charge is 0.242 e. The largest absolute Gasteiger partial charge is 0.352 e. The average Bonchev–Trinajstić information content (AvgIpc) is 3.46. The Balaban J connectivity index is 1.54. The maximum atomic E-state index is 12.3. The highest BCUT2D eigenvalue weighted by molar-refractivity contribution is 7.89. The SMILES string of the molecule is C[C@H](C(=O)NC1CC1)N1CCN(Cc2cccc(S(=O)(=O)N(C)C)c2)CC1. The van der Waals surface area contributed by atoms with Gasteiger partial charge in [-0.25, -0.2) is 12.7 Å². The Labute approximate surface area is 162 Å². The summed E-state index contributed by atoms with van der Waals surface area (Å²) in [6.07, 6.45) is 2.21. The van der Waals surface area contributed by atoms with Crippen molar-refractivity contribution in [3.8, 4) is 0 Å². The summed E-state index contributed by atoms with van der Waals surface area (Å²) in [6, 6.07) is 7.46. The van der Waals surface area contributed by atoms with E-state index in [0.29, 0.717) is 17.5 Å². The lowest BCUT2D eigenvalue weighted by Gasteiger charge is -2.37. The molecule has 1 heterocycles. The van der Waals surface area contributed by atoms with Crippen LogP contribution in [0.4, 0.5) is 0 Å². The molecule has 3 rings (SSSR count). The van der Waals surface area contributed by atoms with Crippen LogP contribution in [0.15, 0.2) is 29.2 Å². The predicted octanol–water partition coefficient (Wildman–Crippen LogP) is 0.722. The quantitative estimate of drug-likeness (QED) is 0.738. The van der Waals surface area contributed by atoms with Gasteiger partial charge < -0.3 is 5.32 Å². The van der Waals surface area contributed by atoms with Crippen LogP contribution in [0.1, 0.15) is 25.3 Å². The zero-order chi connectivity index (χ0) is 19.6. The van der Waals surface area contributed by atoms with E-state index in [1.165, 1.54) is 4.31 Å². The van der Waals surface area contributed by atoms with Crippen LogP contribution >= 0.6 is 0 Å². The van der Waals surface area contributed by atoms with Crippen molar-refractivity contribution in [2.75, 3.05) is 40.3 Å². The molecule has 0 spiro atoms. The number of nitrogens with zero attached hydrogens (tertiary/aromatic N) is 3. The van der Waals surface area contributed by atoms with Crippen LogP contribution in [0.25, 0.3) is 0 Å². The molecule has 8 heteroatoms. The zero-order valence-corrected chi connectivity index (χ0v) is 17.2. The molecule has 1 amide bonds. The van der Waals surface area contributed by atoms with E-state index in [9.17, 15) is 13.2 Å². The van der Waals surface area contributed by atoms with E-state index in [4.69, 9.17) is 0 Å². The zero-order valence-electron chi connectivity index (χ0n) is 16.4. The summed E-state index contributed by atoms with van der Waals surface area (Å²) < 4.78 is 25.8. The molecule has 1 atom stereocenters. The van der Waals surface area contributed by atoms with Gasteiger partial charge in [0, 0.05) is 52.9 Å². The van der Waals surface area contributed by atoms with Crippen LogP contribution in [-0.4, -0.2) is 80.8 Å². The van der Waals surface area contributed by atoms with Gasteiger partial charge in [-0.2, -0.15) is 0 Å². The van der Waals surface area contributed by atoms with E-state index in [-0.39, 0.29) is 11.9 Å². The van der Waals surface area contributed by atoms with Crippen molar-refractivity contribution in [1.29, 1.82) is 0 Å². The number of nitrogens with one attached hydrogen (secondary N) is 1. The Kier molecular flexibility index (Phi) is 6.20. The van der Waals surface area contributed by atoms with E-state index < -0.39 is 10.0 Å². The molecular formula is C19H30N4O3S. The van der Waals surface area contributed by atoms with Crippen LogP contribution in [0.2, 0.25) is 0 Å². The van der Waals surface area contributed by atoms with Gasteiger partial charge in [0.1, 0.15) is 0 Å². The molecule has 0 unspecified atom stereocenters. The number of amides is 1. The number of hydrogen-bond donors (Lipinski definition) is 1. The Bertz CT molecular complexity index is 769. The number of hydrogen-bond acceptors (Lipinski definition) is 5. The molecule has 1 saturated heterocycles. The third-order valence-corrected chi connectivity index (χ3v) is 7.15. The van der Waals surface area contributed by atoms with Crippen molar-refractivity contribution < 1.29 is 13.2 Å². The maximum Gasteiger partial charge on any atom is 0.242 e. The topological polar surface area (TPSA) is 73.0 Å². The van der Waals surface area contributed by atoms with Gasteiger partial charge in [0.05, 0.1) is 10.9 Å². The minimum Gasteiger partial charge on any atom is -0.352 e. The molecule has 0 radical (unpaired) electrons. The summed E-state index contributed by atoms with van der Waals surface area (Å²) >= 11 is 0. The van der Waals surface area contributed by atoms with Gasteiger partial charge in [0.25, 0.3) is 0 Å². The fraction of sp³-hybridized carbons (Fsp3) is 0.632. The Hall–Kier alpha value is -1.48. The second kappa shape index (κ2) is 8.26. The van der Waals surface area contributed by atoms with Crippen molar-refractivity contribution in [2.24, 2.45) is 0 Å². The highest BCUT2D eigenvalue weighted by Gasteiger charge is 2.30. The molecule has 0 aromatic heterocycles. The van der Waals surface area contributed by atoms with Crippen LogP contribution in [0, 0.1) is 0 Å². The third kappa shape index (κ3) is 5.07. The molecule has 150 valence electrons. The molecule has 1 aliphatic carbocycles. The van der Waals surface area contributed by atoms with Crippen LogP contribution in [0.5, 0.6) is 0 Å². The molecule has 1 saturated carbocycles. The van der Waals surface area contributed by atoms with Gasteiger partial charge in [-0.05, 0) is 37.5 Å². The number of benzene rings is 1. The molecule has 27 heavy (non-hydrogen) atoms. The van der Waals surface area contributed by atoms with Crippen LogP contribution < -0.4 is 5.32 Å². The Morgan fingerprint density at radius 1 is 1.22 bits per heavy atom. The first-order valence-corrected chi connectivity index (χ1v) is 11.0. The fourth-order valence-corrected chi connectivity index (χ4v) is 4.27. The molecule has 7 nitrogen and oxygen atoms in total. The first-order chi connectivity index (χ1) is 12.8. The highest BCUT2D eigenvalue weighted by atomic mass is 32.2. The number of piperazine rings is 1. The fourth-order valence-electron chi connectivity index (χ4n) is 3.30. The lowest BCUT2D eigenvalue weighted by Crippen LogP contribution is -2.53. The molecule has 1 aliphatic heterocycles. The monoisotopic (exact) mass is 394 g/mol. The summed E-state index contributed by atoms with van der Waals surface area (Å²) in [6.45, 7) is 6.11. The van der Waals surface area contributed by atoms with Gasteiger partial charge in [-0.1, -0.05) is 12.1 Å². The molecular weight excluding hydrogens is 364 g/mol. The molecule has 2 fully saturated rings. The Morgan fingerprint density at radius 3 is 2.48 bits per heavy atom. The standard InChI is InChI=1S/C19H30N4O3S/c1-15(19(24)20-17-7-8-17)23-11-9-22(10-12-23)14-16-5-4-6-18(13-16)27(25,26)21(2)3/h4-6,13,15,17H,7-12,14H2,1-3H3,(H,20,24)/t15-/m1/s1.